The molecule has 1 N–H and O–H groups in total. The summed E-state index contributed by atoms with van der Waals surface area (Å²) >= 11 is 0. The van der Waals surface area contributed by atoms with Crippen LogP contribution < -0.4 is 0 Å². The number of hydrogen-bond acceptors (Lipinski definition) is 7. The number of ether oxygens (including phenoxy) is 2. The molecule has 1 saturated heterocycles. The molecule has 6 atom stereocenters. The highest BCUT2D eigenvalue weighted by Gasteiger charge is 2.31. The first-order valence-electron chi connectivity index (χ1n) is 15.4. The van der Waals surface area contributed by atoms with Gasteiger partial charge in [0.05, 0.1) is 12.5 Å². The molecule has 8 nitrogen and oxygen atoms in total. The molecular formula is C34H51N3O5. The molecule has 0 spiro atoms. The number of cyclic esters (lactones) is 1. The van der Waals surface area contributed by atoms with Crippen molar-refractivity contribution in [2.75, 3.05) is 26.2 Å². The smallest absolute Gasteiger partial charge is 0.410 e. The van der Waals surface area contributed by atoms with E-state index in [0.29, 0.717) is 25.9 Å². The number of rotatable bonds is 5. The van der Waals surface area contributed by atoms with Gasteiger partial charge in [-0.05, 0) is 70.2 Å². The van der Waals surface area contributed by atoms with E-state index in [9.17, 15) is 14.7 Å². The van der Waals surface area contributed by atoms with Gasteiger partial charge in [0.1, 0.15) is 12.2 Å². The molecular weight excluding hydrogens is 530 g/mol. The van der Waals surface area contributed by atoms with Crippen molar-refractivity contribution < 1.29 is 24.2 Å². The third kappa shape index (κ3) is 10.1. The molecule has 42 heavy (non-hydrogen) atoms. The lowest BCUT2D eigenvalue weighted by Crippen LogP contribution is -2.55. The van der Waals surface area contributed by atoms with E-state index in [1.165, 1.54) is 0 Å². The highest BCUT2D eigenvalue weighted by atomic mass is 16.6. The molecule has 2 aliphatic rings. The second kappa shape index (κ2) is 15.5. The Labute approximate surface area is 252 Å². The van der Waals surface area contributed by atoms with Crippen LogP contribution in [-0.4, -0.2) is 82.0 Å². The Morgan fingerprint density at radius 1 is 1.14 bits per heavy atom. The quantitative estimate of drug-likeness (QED) is 0.263. The summed E-state index contributed by atoms with van der Waals surface area (Å²) in [5.41, 5.74) is 1.93. The molecule has 3 rings (SSSR count). The number of nitrogens with zero attached hydrogens (tertiary/aromatic N) is 3. The van der Waals surface area contributed by atoms with Gasteiger partial charge in [0.15, 0.2) is 0 Å². The monoisotopic (exact) mass is 581 g/mol. The molecule has 0 saturated carbocycles. The van der Waals surface area contributed by atoms with Crippen molar-refractivity contribution in [2.24, 2.45) is 11.8 Å². The number of esters is 1. The first kappa shape index (κ1) is 33.5. The van der Waals surface area contributed by atoms with E-state index in [1.807, 2.05) is 63.3 Å². The van der Waals surface area contributed by atoms with Crippen molar-refractivity contribution in [3.63, 3.8) is 0 Å². The van der Waals surface area contributed by atoms with Gasteiger partial charge in [0.2, 0.25) is 0 Å². The molecule has 232 valence electrons. The zero-order valence-corrected chi connectivity index (χ0v) is 26.5. The van der Waals surface area contributed by atoms with Gasteiger partial charge in [-0.25, -0.2) is 4.79 Å². The highest BCUT2D eigenvalue weighted by molar-refractivity contribution is 5.70. The fourth-order valence-electron chi connectivity index (χ4n) is 5.41. The summed E-state index contributed by atoms with van der Waals surface area (Å²) in [7, 11) is 0. The van der Waals surface area contributed by atoms with Crippen LogP contribution in [0.1, 0.15) is 79.3 Å². The average molecular weight is 582 g/mol. The van der Waals surface area contributed by atoms with Gasteiger partial charge in [0.25, 0.3) is 0 Å². The molecule has 0 radical (unpaired) electrons. The number of allylic oxidation sites excluding steroid dienone is 3. The van der Waals surface area contributed by atoms with Gasteiger partial charge >= 0.3 is 12.1 Å². The Hall–Kier alpha value is -2.97. The minimum Gasteiger partial charge on any atom is -0.457 e. The summed E-state index contributed by atoms with van der Waals surface area (Å²) < 4.78 is 12.0. The number of carbonyl (C=O) groups is 2. The molecule has 2 aliphatic heterocycles. The number of aliphatic hydroxyl groups excluding tert-OH is 1. The third-order valence-electron chi connectivity index (χ3n) is 8.34. The minimum absolute atomic E-state index is 0.0236. The summed E-state index contributed by atoms with van der Waals surface area (Å²) in [6, 6.07) is 5.86. The van der Waals surface area contributed by atoms with Crippen molar-refractivity contribution in [3.8, 4) is 0 Å². The molecule has 0 bridgehead atoms. The Kier molecular flexibility index (Phi) is 12.4. The fraction of sp³-hybridized carbons (Fsp3) is 0.618. The fourth-order valence-corrected chi connectivity index (χ4v) is 5.41. The number of amides is 1. The Morgan fingerprint density at radius 3 is 2.50 bits per heavy atom. The third-order valence-corrected chi connectivity index (χ3v) is 8.34. The predicted molar refractivity (Wildman–Crippen MR) is 166 cm³/mol. The van der Waals surface area contributed by atoms with E-state index in [2.05, 4.69) is 43.7 Å². The summed E-state index contributed by atoms with van der Waals surface area (Å²) in [5, 5.41) is 10.6. The van der Waals surface area contributed by atoms with E-state index in [-0.39, 0.29) is 35.8 Å². The number of pyridine rings is 1. The molecule has 0 aromatic carbocycles. The largest absolute Gasteiger partial charge is 0.457 e. The van der Waals surface area contributed by atoms with Crippen molar-refractivity contribution in [3.05, 3.63) is 66.0 Å². The lowest BCUT2D eigenvalue weighted by molar-refractivity contribution is -0.151. The van der Waals surface area contributed by atoms with Crippen LogP contribution in [-0.2, 0) is 14.3 Å². The first-order valence-corrected chi connectivity index (χ1v) is 15.4. The van der Waals surface area contributed by atoms with Crippen LogP contribution >= 0.6 is 0 Å². The molecule has 1 aromatic rings. The lowest BCUT2D eigenvalue weighted by Gasteiger charge is -2.42. The lowest BCUT2D eigenvalue weighted by atomic mass is 9.92. The Balaban J connectivity index is 1.74. The molecule has 1 amide bonds. The van der Waals surface area contributed by atoms with Crippen LogP contribution in [0.3, 0.4) is 0 Å². The van der Waals surface area contributed by atoms with Crippen molar-refractivity contribution in [2.45, 2.75) is 97.5 Å². The van der Waals surface area contributed by atoms with Gasteiger partial charge in [0, 0.05) is 55.4 Å². The highest BCUT2D eigenvalue weighted by Crippen LogP contribution is 2.25. The average Bonchev–Trinajstić information content (AvgIpc) is 2.95. The maximum absolute atomic E-state index is 13.2. The maximum atomic E-state index is 13.2. The Morgan fingerprint density at radius 2 is 1.86 bits per heavy atom. The number of carbonyl (C=O) groups excluding carboxylic acids is 2. The van der Waals surface area contributed by atoms with Gasteiger partial charge in [-0.3, -0.25) is 14.7 Å². The summed E-state index contributed by atoms with van der Waals surface area (Å²) in [4.78, 5) is 34.5. The van der Waals surface area contributed by atoms with E-state index in [4.69, 9.17) is 9.47 Å². The molecule has 0 aliphatic carbocycles. The van der Waals surface area contributed by atoms with Crippen molar-refractivity contribution >= 4 is 12.1 Å². The van der Waals surface area contributed by atoms with Crippen molar-refractivity contribution in [1.29, 1.82) is 0 Å². The molecule has 1 aromatic heterocycles. The first-order chi connectivity index (χ1) is 19.8. The van der Waals surface area contributed by atoms with Crippen LogP contribution in [0.25, 0.3) is 0 Å². The second-order valence-electron chi connectivity index (χ2n) is 12.9. The van der Waals surface area contributed by atoms with Gasteiger partial charge in [-0.15, -0.1) is 0 Å². The van der Waals surface area contributed by atoms with E-state index in [0.717, 1.165) is 24.4 Å². The predicted octanol–water partition coefficient (Wildman–Crippen LogP) is 5.89. The van der Waals surface area contributed by atoms with Crippen LogP contribution in [0.4, 0.5) is 4.79 Å². The molecule has 0 unspecified atom stereocenters. The Bertz CT molecular complexity index is 1100. The summed E-state index contributed by atoms with van der Waals surface area (Å²) in [6.07, 6.45) is 10.6. The number of hydrogen-bond donors (Lipinski definition) is 1. The number of piperazine rings is 1. The van der Waals surface area contributed by atoms with Crippen LogP contribution in [0.15, 0.2) is 60.3 Å². The van der Waals surface area contributed by atoms with E-state index < -0.39 is 24.3 Å². The minimum atomic E-state index is -0.815. The standard InChI is InChI=1S/C34H51N3O5/c1-24(29-13-8-9-18-35-29)11-10-12-26(3)32-27(4)15-17-30(25(2)14-16-28(38)23-31(39)42-32)41-33(40)36-19-21-37(22-20-36)34(5,6)7/h8-13,15,17-18,24-25,27-28,30,32,38H,14,16,19-23H2,1-7H3/b11-10+,17-15+,26-12+/t24-,25+,27+,28-,30+,32-/m1/s1. The normalized spacial score (nSPS) is 28.9. The number of aliphatic hydroxyl groups is 1. The van der Waals surface area contributed by atoms with Gasteiger partial charge in [-0.2, -0.15) is 0 Å². The zero-order valence-electron chi connectivity index (χ0n) is 26.5. The van der Waals surface area contributed by atoms with Crippen molar-refractivity contribution in [1.82, 2.24) is 14.8 Å². The van der Waals surface area contributed by atoms with Crippen LogP contribution in [0.2, 0.25) is 0 Å². The number of aromatic nitrogens is 1. The summed E-state index contributed by atoms with van der Waals surface area (Å²) in [5.74, 6) is -0.483. The molecule has 3 heterocycles. The van der Waals surface area contributed by atoms with E-state index >= 15 is 0 Å². The summed E-state index contributed by atoms with van der Waals surface area (Å²) in [6.45, 7) is 17.5. The van der Waals surface area contributed by atoms with Crippen LogP contribution in [0, 0.1) is 11.8 Å². The zero-order chi connectivity index (χ0) is 30.9. The van der Waals surface area contributed by atoms with Gasteiger partial charge < -0.3 is 19.5 Å². The second-order valence-corrected chi connectivity index (χ2v) is 12.9. The van der Waals surface area contributed by atoms with Crippen LogP contribution in [0.5, 0.6) is 0 Å². The van der Waals surface area contributed by atoms with Gasteiger partial charge in [-0.1, -0.05) is 51.1 Å². The topological polar surface area (TPSA) is 92.2 Å². The molecule has 1 fully saturated rings. The maximum Gasteiger partial charge on any atom is 0.410 e. The molecule has 8 heteroatoms. The van der Waals surface area contributed by atoms with E-state index in [1.54, 1.807) is 11.1 Å². The SMILES string of the molecule is C/C(=C\C=C\[C@@H](C)c1ccccn1)[C@H]1OC(=O)C[C@H](O)CC[C@H](C)[C@@H](OC(=O)N2CCN(C(C)(C)C)CC2)/C=C/[C@@H]1C.